The lowest BCUT2D eigenvalue weighted by atomic mass is 10.2. The van der Waals surface area contributed by atoms with Crippen molar-refractivity contribution in [3.8, 4) is 0 Å². The zero-order chi connectivity index (χ0) is 13.2. The van der Waals surface area contributed by atoms with E-state index in [2.05, 4.69) is 22.2 Å². The molecule has 0 fully saturated rings. The molecule has 1 atom stereocenters. The van der Waals surface area contributed by atoms with Crippen LogP contribution in [0.4, 0.5) is 0 Å². The molecule has 0 aliphatic rings. The quantitative estimate of drug-likeness (QED) is 0.681. The molecule has 0 saturated heterocycles. The Kier molecular flexibility index (Phi) is 7.48. The molecule has 1 aromatic heterocycles. The first-order valence-corrected chi connectivity index (χ1v) is 6.55. The Bertz CT molecular complexity index is 302. The van der Waals surface area contributed by atoms with E-state index < -0.39 is 0 Å². The van der Waals surface area contributed by atoms with Gasteiger partial charge in [-0.05, 0) is 26.8 Å². The van der Waals surface area contributed by atoms with Gasteiger partial charge in [0.25, 0.3) is 0 Å². The average molecular weight is 253 g/mol. The molecule has 1 rings (SSSR count). The van der Waals surface area contributed by atoms with Crippen LogP contribution in [0.1, 0.15) is 38.9 Å². The van der Waals surface area contributed by atoms with Gasteiger partial charge < -0.3 is 14.8 Å². The number of hydrogen-bond donors (Lipinski definition) is 1. The van der Waals surface area contributed by atoms with Crippen LogP contribution in [0.3, 0.4) is 0 Å². The van der Waals surface area contributed by atoms with Crippen molar-refractivity contribution < 1.29 is 9.47 Å². The Morgan fingerprint density at radius 2 is 1.89 bits per heavy atom. The number of nitrogens with zero attached hydrogens (tertiary/aromatic N) is 2. The minimum Gasteiger partial charge on any atom is -0.351 e. The van der Waals surface area contributed by atoms with Gasteiger partial charge in [0.05, 0.1) is 11.9 Å². The van der Waals surface area contributed by atoms with Gasteiger partial charge in [-0.1, -0.05) is 6.92 Å². The highest BCUT2D eigenvalue weighted by atomic mass is 16.7. The van der Waals surface area contributed by atoms with Gasteiger partial charge in [-0.15, -0.1) is 0 Å². The van der Waals surface area contributed by atoms with Gasteiger partial charge in [0.2, 0.25) is 0 Å². The van der Waals surface area contributed by atoms with E-state index >= 15 is 0 Å². The Morgan fingerprint density at radius 1 is 1.17 bits per heavy atom. The van der Waals surface area contributed by atoms with Crippen LogP contribution in [0.15, 0.2) is 18.6 Å². The van der Waals surface area contributed by atoms with Crippen molar-refractivity contribution in [2.45, 2.75) is 39.5 Å². The van der Waals surface area contributed by atoms with E-state index in [0.29, 0.717) is 13.2 Å². The Balaban J connectivity index is 2.80. The molecule has 0 saturated carbocycles. The lowest BCUT2D eigenvalue weighted by molar-refractivity contribution is -0.155. The highest BCUT2D eigenvalue weighted by molar-refractivity contribution is 5.03. The Hall–Kier alpha value is -1.04. The van der Waals surface area contributed by atoms with E-state index in [1.54, 1.807) is 18.6 Å². The van der Waals surface area contributed by atoms with Crippen LogP contribution in [0.25, 0.3) is 0 Å². The van der Waals surface area contributed by atoms with Gasteiger partial charge >= 0.3 is 0 Å². The predicted octanol–water partition coefficient (Wildman–Crippen LogP) is 1.92. The summed E-state index contributed by atoms with van der Waals surface area (Å²) in [5.41, 5.74) is 0.845. The summed E-state index contributed by atoms with van der Waals surface area (Å²) in [7, 11) is 0. The third kappa shape index (κ3) is 4.68. The van der Waals surface area contributed by atoms with E-state index in [-0.39, 0.29) is 12.3 Å². The minimum atomic E-state index is -0.330. The number of hydrogen-bond acceptors (Lipinski definition) is 5. The standard InChI is InChI=1S/C13H23N3O2/c1-4-7-16-12(11-10-14-8-9-15-11)13(17-5-2)18-6-3/h8-10,12-13,16H,4-7H2,1-3H3. The van der Waals surface area contributed by atoms with Crippen molar-refractivity contribution in [1.82, 2.24) is 15.3 Å². The normalized spacial score (nSPS) is 12.9. The summed E-state index contributed by atoms with van der Waals surface area (Å²) in [5.74, 6) is 0. The first-order chi connectivity index (χ1) is 8.83. The van der Waals surface area contributed by atoms with Crippen molar-refractivity contribution in [1.29, 1.82) is 0 Å². The monoisotopic (exact) mass is 253 g/mol. The number of ether oxygens (including phenoxy) is 2. The molecule has 1 unspecified atom stereocenters. The van der Waals surface area contributed by atoms with Gasteiger partial charge in [-0.25, -0.2) is 0 Å². The van der Waals surface area contributed by atoms with Crippen molar-refractivity contribution in [3.05, 3.63) is 24.3 Å². The summed E-state index contributed by atoms with van der Waals surface area (Å²) in [6, 6.07) is -0.0847. The van der Waals surface area contributed by atoms with Gasteiger partial charge in [-0.3, -0.25) is 9.97 Å². The van der Waals surface area contributed by atoms with E-state index in [1.807, 2.05) is 13.8 Å². The molecular formula is C13H23N3O2. The maximum atomic E-state index is 5.64. The third-order valence-electron chi connectivity index (χ3n) is 2.45. The number of aromatic nitrogens is 2. The Morgan fingerprint density at radius 3 is 2.39 bits per heavy atom. The first kappa shape index (κ1) is 15.0. The summed E-state index contributed by atoms with van der Waals surface area (Å²) in [5, 5.41) is 3.40. The molecule has 1 aromatic rings. The van der Waals surface area contributed by atoms with Crippen LogP contribution in [0.5, 0.6) is 0 Å². The molecule has 1 N–H and O–H groups in total. The zero-order valence-electron chi connectivity index (χ0n) is 11.4. The molecule has 5 heteroatoms. The van der Waals surface area contributed by atoms with Gasteiger partial charge in [0.1, 0.15) is 6.04 Å². The summed E-state index contributed by atoms with van der Waals surface area (Å²) in [6.07, 6.45) is 5.81. The first-order valence-electron chi connectivity index (χ1n) is 6.55. The van der Waals surface area contributed by atoms with Crippen LogP contribution in [-0.4, -0.2) is 36.0 Å². The molecule has 0 spiro atoms. The maximum Gasteiger partial charge on any atom is 0.178 e. The van der Waals surface area contributed by atoms with Gasteiger partial charge in [0, 0.05) is 25.6 Å². The van der Waals surface area contributed by atoms with E-state index in [9.17, 15) is 0 Å². The fourth-order valence-corrected chi connectivity index (χ4v) is 1.68. The SMILES string of the molecule is CCCNC(c1cnccn1)C(OCC)OCC. The molecule has 0 amide bonds. The molecule has 0 aromatic carbocycles. The fourth-order valence-electron chi connectivity index (χ4n) is 1.68. The summed E-state index contributed by atoms with van der Waals surface area (Å²) >= 11 is 0. The van der Waals surface area contributed by atoms with Gasteiger partial charge in [0.15, 0.2) is 6.29 Å². The van der Waals surface area contributed by atoms with Crippen molar-refractivity contribution in [2.24, 2.45) is 0 Å². The molecule has 5 nitrogen and oxygen atoms in total. The molecule has 0 bridgehead atoms. The van der Waals surface area contributed by atoms with Crippen LogP contribution in [0, 0.1) is 0 Å². The van der Waals surface area contributed by atoms with Crippen molar-refractivity contribution in [2.75, 3.05) is 19.8 Å². The van der Waals surface area contributed by atoms with E-state index in [1.165, 1.54) is 0 Å². The highest BCUT2D eigenvalue weighted by Crippen LogP contribution is 2.18. The second-order valence-corrected chi connectivity index (χ2v) is 3.84. The summed E-state index contributed by atoms with van der Waals surface area (Å²) in [4.78, 5) is 8.44. The van der Waals surface area contributed by atoms with E-state index in [4.69, 9.17) is 9.47 Å². The zero-order valence-corrected chi connectivity index (χ0v) is 11.4. The van der Waals surface area contributed by atoms with Crippen LogP contribution >= 0.6 is 0 Å². The molecule has 18 heavy (non-hydrogen) atoms. The second kappa shape index (κ2) is 8.97. The third-order valence-corrected chi connectivity index (χ3v) is 2.45. The van der Waals surface area contributed by atoms with Crippen LogP contribution in [-0.2, 0) is 9.47 Å². The molecule has 0 aliphatic carbocycles. The topological polar surface area (TPSA) is 56.3 Å². The van der Waals surface area contributed by atoms with Crippen LogP contribution < -0.4 is 5.32 Å². The molecule has 0 radical (unpaired) electrons. The van der Waals surface area contributed by atoms with Crippen molar-refractivity contribution in [3.63, 3.8) is 0 Å². The fraction of sp³-hybridized carbons (Fsp3) is 0.692. The summed E-state index contributed by atoms with van der Waals surface area (Å²) < 4.78 is 11.3. The lowest BCUT2D eigenvalue weighted by Crippen LogP contribution is -2.37. The maximum absolute atomic E-state index is 5.64. The molecule has 102 valence electrons. The molecule has 0 aliphatic heterocycles. The van der Waals surface area contributed by atoms with Crippen molar-refractivity contribution >= 4 is 0 Å². The second-order valence-electron chi connectivity index (χ2n) is 3.84. The Labute approximate surface area is 109 Å². The minimum absolute atomic E-state index is 0.0847. The largest absolute Gasteiger partial charge is 0.351 e. The van der Waals surface area contributed by atoms with Crippen LogP contribution in [0.2, 0.25) is 0 Å². The summed E-state index contributed by atoms with van der Waals surface area (Å²) in [6.45, 7) is 8.14. The molecular weight excluding hydrogens is 230 g/mol. The van der Waals surface area contributed by atoms with E-state index in [0.717, 1.165) is 18.7 Å². The lowest BCUT2D eigenvalue weighted by Gasteiger charge is -2.27. The highest BCUT2D eigenvalue weighted by Gasteiger charge is 2.24. The molecule has 1 heterocycles. The average Bonchev–Trinajstić information content (AvgIpc) is 2.41. The predicted molar refractivity (Wildman–Crippen MR) is 70.1 cm³/mol. The smallest absolute Gasteiger partial charge is 0.178 e. The number of rotatable bonds is 9. The number of nitrogens with one attached hydrogen (secondary N) is 1. The van der Waals surface area contributed by atoms with Gasteiger partial charge in [-0.2, -0.15) is 0 Å².